The summed E-state index contributed by atoms with van der Waals surface area (Å²) in [6.07, 6.45) is 1.81. The molecule has 0 aliphatic heterocycles. The molecule has 5 heteroatoms. The van der Waals surface area contributed by atoms with Crippen LogP contribution in [0.4, 0.5) is 0 Å². The van der Waals surface area contributed by atoms with Crippen LogP contribution in [-0.4, -0.2) is 4.98 Å². The highest BCUT2D eigenvalue weighted by Gasteiger charge is 2.04. The van der Waals surface area contributed by atoms with E-state index < -0.39 is 0 Å². The van der Waals surface area contributed by atoms with E-state index in [1.54, 1.807) is 16.8 Å². The van der Waals surface area contributed by atoms with E-state index in [0.29, 0.717) is 12.5 Å². The molecule has 0 N–H and O–H groups in total. The van der Waals surface area contributed by atoms with Gasteiger partial charge in [0.1, 0.15) is 12.4 Å². The fourth-order valence-corrected chi connectivity index (χ4v) is 2.38. The molecule has 1 aromatic heterocycles. The van der Waals surface area contributed by atoms with Gasteiger partial charge in [0.2, 0.25) is 0 Å². The number of halogens is 2. The fraction of sp³-hybridized carbons (Fsp3) is 0.182. The minimum atomic E-state index is 0.442. The Labute approximate surface area is 111 Å². The lowest BCUT2D eigenvalue weighted by molar-refractivity contribution is 0.307. The molecule has 2 nitrogen and oxygen atoms in total. The van der Waals surface area contributed by atoms with E-state index in [0.717, 1.165) is 20.7 Å². The van der Waals surface area contributed by atoms with Crippen LogP contribution in [0.3, 0.4) is 0 Å². The topological polar surface area (TPSA) is 22.1 Å². The first kappa shape index (κ1) is 11.9. The number of nitrogens with zero attached hydrogens (tertiary/aromatic N) is 1. The van der Waals surface area contributed by atoms with Gasteiger partial charge in [-0.25, -0.2) is 0 Å². The third-order valence-corrected chi connectivity index (χ3v) is 3.55. The maximum absolute atomic E-state index is 5.85. The number of thiazole rings is 1. The smallest absolute Gasteiger partial charge is 0.124 e. The fourth-order valence-electron chi connectivity index (χ4n) is 1.26. The molecule has 0 saturated heterocycles. The summed E-state index contributed by atoms with van der Waals surface area (Å²) in [6, 6.07) is 5.83. The predicted molar refractivity (Wildman–Crippen MR) is 70.1 cm³/mol. The van der Waals surface area contributed by atoms with Crippen LogP contribution in [-0.2, 0) is 12.5 Å². The maximum atomic E-state index is 5.85. The molecule has 0 fully saturated rings. The van der Waals surface area contributed by atoms with Crippen LogP contribution in [0, 0.1) is 0 Å². The summed E-state index contributed by atoms with van der Waals surface area (Å²) in [7, 11) is 0. The minimum Gasteiger partial charge on any atom is -0.488 e. The van der Waals surface area contributed by atoms with Crippen molar-refractivity contribution in [3.63, 3.8) is 0 Å². The number of hydrogen-bond donors (Lipinski definition) is 0. The van der Waals surface area contributed by atoms with Crippen molar-refractivity contribution < 1.29 is 4.74 Å². The largest absolute Gasteiger partial charge is 0.488 e. The molecule has 84 valence electrons. The van der Waals surface area contributed by atoms with E-state index in [1.165, 1.54) is 0 Å². The molecule has 0 atom stereocenters. The number of benzene rings is 1. The second kappa shape index (κ2) is 5.66. The Hall–Kier alpha value is -0.580. The zero-order valence-corrected chi connectivity index (χ0v) is 11.5. The summed E-state index contributed by atoms with van der Waals surface area (Å²) >= 11 is 10.8. The van der Waals surface area contributed by atoms with E-state index in [9.17, 15) is 0 Å². The Balaban J connectivity index is 2.09. The van der Waals surface area contributed by atoms with Crippen molar-refractivity contribution in [1.29, 1.82) is 0 Å². The van der Waals surface area contributed by atoms with Gasteiger partial charge in [-0.2, -0.15) is 0 Å². The molecule has 0 aliphatic carbocycles. The first-order valence-corrected chi connectivity index (χ1v) is 6.85. The lowest BCUT2D eigenvalue weighted by atomic mass is 10.2. The Morgan fingerprint density at radius 1 is 1.44 bits per heavy atom. The maximum Gasteiger partial charge on any atom is 0.124 e. The molecule has 0 amide bonds. The van der Waals surface area contributed by atoms with Crippen LogP contribution in [0.25, 0.3) is 0 Å². The van der Waals surface area contributed by atoms with Crippen LogP contribution >= 0.6 is 38.9 Å². The molecule has 1 aromatic carbocycles. The van der Waals surface area contributed by atoms with Crippen LogP contribution < -0.4 is 4.74 Å². The van der Waals surface area contributed by atoms with Gasteiger partial charge < -0.3 is 4.74 Å². The van der Waals surface area contributed by atoms with Gasteiger partial charge in [0.25, 0.3) is 0 Å². The molecular formula is C11H9BrClNOS. The number of ether oxygens (including phenoxy) is 1. The van der Waals surface area contributed by atoms with Crippen molar-refractivity contribution in [3.05, 3.63) is 44.8 Å². The molecule has 16 heavy (non-hydrogen) atoms. The molecule has 1 heterocycles. The third kappa shape index (κ3) is 2.97. The standard InChI is InChI=1S/C11H9BrClNOS/c12-9-1-2-11(8(3-9)4-13)15-6-10-5-14-7-16-10/h1-3,5,7H,4,6H2. The molecule has 0 saturated carbocycles. The zero-order chi connectivity index (χ0) is 11.4. The molecular weight excluding hydrogens is 310 g/mol. The van der Waals surface area contributed by atoms with E-state index in [4.69, 9.17) is 16.3 Å². The second-order valence-electron chi connectivity index (χ2n) is 3.14. The lowest BCUT2D eigenvalue weighted by Crippen LogP contribution is -1.96. The van der Waals surface area contributed by atoms with Crippen molar-refractivity contribution >= 4 is 38.9 Å². The van der Waals surface area contributed by atoms with Crippen LogP contribution in [0.5, 0.6) is 5.75 Å². The van der Waals surface area contributed by atoms with E-state index in [1.807, 2.05) is 24.4 Å². The van der Waals surface area contributed by atoms with Gasteiger partial charge in [0.15, 0.2) is 0 Å². The Kier molecular flexibility index (Phi) is 4.21. The van der Waals surface area contributed by atoms with Crippen molar-refractivity contribution in [2.24, 2.45) is 0 Å². The third-order valence-electron chi connectivity index (χ3n) is 2.02. The van der Waals surface area contributed by atoms with E-state index >= 15 is 0 Å². The van der Waals surface area contributed by atoms with Gasteiger partial charge in [-0.3, -0.25) is 4.98 Å². The number of aromatic nitrogens is 1. The molecule has 0 spiro atoms. The van der Waals surface area contributed by atoms with Gasteiger partial charge in [-0.1, -0.05) is 15.9 Å². The van der Waals surface area contributed by atoms with Gasteiger partial charge in [-0.05, 0) is 18.2 Å². The van der Waals surface area contributed by atoms with Gasteiger partial charge >= 0.3 is 0 Å². The summed E-state index contributed by atoms with van der Waals surface area (Å²) in [5.41, 5.74) is 2.78. The van der Waals surface area contributed by atoms with Crippen LogP contribution in [0.2, 0.25) is 0 Å². The highest BCUT2D eigenvalue weighted by Crippen LogP contribution is 2.25. The average molecular weight is 319 g/mol. The minimum absolute atomic E-state index is 0.442. The van der Waals surface area contributed by atoms with Crippen molar-refractivity contribution in [2.75, 3.05) is 0 Å². The van der Waals surface area contributed by atoms with Crippen molar-refractivity contribution in [3.8, 4) is 5.75 Å². The van der Waals surface area contributed by atoms with Gasteiger partial charge in [0.05, 0.1) is 16.3 Å². The van der Waals surface area contributed by atoms with Crippen molar-refractivity contribution in [2.45, 2.75) is 12.5 Å². The second-order valence-corrected chi connectivity index (χ2v) is 5.30. The highest BCUT2D eigenvalue weighted by atomic mass is 79.9. The van der Waals surface area contributed by atoms with Gasteiger partial charge in [0, 0.05) is 16.2 Å². The molecule has 0 bridgehead atoms. The summed E-state index contributed by atoms with van der Waals surface area (Å²) in [5, 5.41) is 0. The Morgan fingerprint density at radius 3 is 3.00 bits per heavy atom. The van der Waals surface area contributed by atoms with Crippen molar-refractivity contribution in [1.82, 2.24) is 4.98 Å². The van der Waals surface area contributed by atoms with Gasteiger partial charge in [-0.15, -0.1) is 22.9 Å². The highest BCUT2D eigenvalue weighted by molar-refractivity contribution is 9.10. The lowest BCUT2D eigenvalue weighted by Gasteiger charge is -2.09. The molecule has 0 radical (unpaired) electrons. The molecule has 2 aromatic rings. The van der Waals surface area contributed by atoms with Crippen LogP contribution in [0.1, 0.15) is 10.4 Å². The number of alkyl halides is 1. The quantitative estimate of drug-likeness (QED) is 0.787. The van der Waals surface area contributed by atoms with E-state index in [-0.39, 0.29) is 0 Å². The summed E-state index contributed by atoms with van der Waals surface area (Å²) in [4.78, 5) is 5.10. The zero-order valence-electron chi connectivity index (χ0n) is 8.32. The SMILES string of the molecule is ClCc1cc(Br)ccc1OCc1cncs1. The summed E-state index contributed by atoms with van der Waals surface area (Å²) in [5.74, 6) is 1.27. The molecule has 2 rings (SSSR count). The summed E-state index contributed by atoms with van der Waals surface area (Å²) < 4.78 is 6.70. The van der Waals surface area contributed by atoms with E-state index in [2.05, 4.69) is 20.9 Å². The molecule has 0 aliphatic rings. The molecule has 0 unspecified atom stereocenters. The van der Waals surface area contributed by atoms with Crippen LogP contribution in [0.15, 0.2) is 34.4 Å². The average Bonchev–Trinajstić information content (AvgIpc) is 2.80. The Bertz CT molecular complexity index is 461. The number of rotatable bonds is 4. The first-order chi connectivity index (χ1) is 7.79. The monoisotopic (exact) mass is 317 g/mol. The normalized spacial score (nSPS) is 10.4. The Morgan fingerprint density at radius 2 is 2.31 bits per heavy atom. The first-order valence-electron chi connectivity index (χ1n) is 4.64. The number of hydrogen-bond acceptors (Lipinski definition) is 3. The predicted octanol–water partition coefficient (Wildman–Crippen LogP) is 4.22. The summed E-state index contributed by atoms with van der Waals surface area (Å²) in [6.45, 7) is 0.538.